The summed E-state index contributed by atoms with van der Waals surface area (Å²) in [6.07, 6.45) is 9.77. The Hall–Kier alpha value is -3.20. The van der Waals surface area contributed by atoms with E-state index in [4.69, 9.17) is 9.97 Å². The fraction of sp³-hybridized carbons (Fsp3) is 0.333. The van der Waals surface area contributed by atoms with Gasteiger partial charge in [-0.3, -0.25) is 9.97 Å². The van der Waals surface area contributed by atoms with Gasteiger partial charge in [-0.25, -0.2) is 8.42 Å². The highest BCUT2D eigenvalue weighted by molar-refractivity contribution is 8.00. The smallest absolute Gasteiger partial charge is 0.124 e. The third kappa shape index (κ3) is 6.05. The summed E-state index contributed by atoms with van der Waals surface area (Å²) in [7, 11) is -4.66. The minimum Gasteiger partial charge on any atom is -0.746 e. The summed E-state index contributed by atoms with van der Waals surface area (Å²) in [6.45, 7) is 6.10. The number of nitrogens with zero attached hydrogens (tertiary/aromatic N) is 3. The molecule has 0 N–H and O–H groups in total. The van der Waals surface area contributed by atoms with Crippen molar-refractivity contribution in [2.75, 3.05) is 4.90 Å². The van der Waals surface area contributed by atoms with E-state index in [1.807, 2.05) is 48.7 Å². The van der Waals surface area contributed by atoms with Crippen molar-refractivity contribution >= 4 is 33.3 Å². The lowest BCUT2D eigenvalue weighted by Crippen LogP contribution is -2.39. The van der Waals surface area contributed by atoms with E-state index in [2.05, 4.69) is 32.0 Å². The molecule has 0 fully saturated rings. The quantitative estimate of drug-likeness (QED) is 0.163. The molecule has 8 heteroatoms. The number of hydrogen-bond donors (Lipinski definition) is 0. The minimum atomic E-state index is -4.66. The molecule has 3 heterocycles. The summed E-state index contributed by atoms with van der Waals surface area (Å²) in [5.74, 6) is 0. The Bertz CT molecular complexity index is 1640. The summed E-state index contributed by atoms with van der Waals surface area (Å²) >= 11 is 1.60. The Morgan fingerprint density at radius 1 is 0.829 bits per heavy atom. The lowest BCUT2D eigenvalue weighted by atomic mass is 9.95. The molecule has 5 rings (SSSR count). The Morgan fingerprint density at radius 2 is 1.46 bits per heavy atom. The van der Waals surface area contributed by atoms with Gasteiger partial charge in [0.15, 0.2) is 0 Å². The molecule has 0 amide bonds. The molecule has 0 saturated carbocycles. The average molecular weight is 587 g/mol. The topological polar surface area (TPSA) is 86.2 Å². The van der Waals surface area contributed by atoms with E-state index in [9.17, 15) is 13.0 Å². The maximum absolute atomic E-state index is 12.7. The SMILES string of the molecule is CCCCc1cccnc1-c1cc(-c2ncccc2CCCC)c2c(c1)N(C(CC)S(=O)(=O)[O-])c1ccccc1S2. The zero-order chi connectivity index (χ0) is 29.0. The summed E-state index contributed by atoms with van der Waals surface area (Å²) in [5.41, 5.74) is 7.29. The van der Waals surface area contributed by atoms with E-state index in [1.54, 1.807) is 29.8 Å². The van der Waals surface area contributed by atoms with Crippen LogP contribution in [0.3, 0.4) is 0 Å². The summed E-state index contributed by atoms with van der Waals surface area (Å²) < 4.78 is 38.1. The molecule has 2 aromatic heterocycles. The highest BCUT2D eigenvalue weighted by Gasteiger charge is 2.34. The van der Waals surface area contributed by atoms with E-state index in [1.165, 1.54) is 0 Å². The van der Waals surface area contributed by atoms with E-state index in [0.717, 1.165) is 87.6 Å². The predicted octanol–water partition coefficient (Wildman–Crippen LogP) is 8.38. The zero-order valence-electron chi connectivity index (χ0n) is 23.8. The molecule has 0 aliphatic carbocycles. The first-order chi connectivity index (χ1) is 19.9. The molecule has 0 radical (unpaired) electrons. The van der Waals surface area contributed by atoms with Gasteiger partial charge in [-0.15, -0.1) is 0 Å². The summed E-state index contributed by atoms with van der Waals surface area (Å²) in [5, 5.41) is -1.25. The van der Waals surface area contributed by atoms with Crippen LogP contribution in [0.4, 0.5) is 11.4 Å². The number of aryl methyl sites for hydroxylation is 2. The molecule has 41 heavy (non-hydrogen) atoms. The lowest BCUT2D eigenvalue weighted by molar-refractivity contribution is 0.445. The highest BCUT2D eigenvalue weighted by Crippen LogP contribution is 2.54. The van der Waals surface area contributed by atoms with E-state index < -0.39 is 15.5 Å². The minimum absolute atomic E-state index is 0.153. The molecule has 1 aliphatic heterocycles. The Kier molecular flexibility index (Phi) is 9.12. The van der Waals surface area contributed by atoms with Crippen molar-refractivity contribution < 1.29 is 13.0 Å². The van der Waals surface area contributed by atoms with Gasteiger partial charge in [0.2, 0.25) is 0 Å². The van der Waals surface area contributed by atoms with Crippen LogP contribution >= 0.6 is 11.8 Å². The number of benzene rings is 2. The molecule has 1 atom stereocenters. The van der Waals surface area contributed by atoms with Crippen molar-refractivity contribution in [2.45, 2.75) is 80.9 Å². The number of fused-ring (bicyclic) bond motifs is 2. The van der Waals surface area contributed by atoms with E-state index in [-0.39, 0.29) is 6.42 Å². The molecule has 0 saturated heterocycles. The third-order valence-corrected chi connectivity index (χ3v) is 9.96. The number of para-hydroxylation sites is 1. The number of anilines is 2. The summed E-state index contributed by atoms with van der Waals surface area (Å²) in [4.78, 5) is 13.2. The van der Waals surface area contributed by atoms with Crippen LogP contribution in [0, 0.1) is 0 Å². The van der Waals surface area contributed by atoms with Crippen molar-refractivity contribution in [3.05, 3.63) is 84.2 Å². The molecule has 4 aromatic rings. The van der Waals surface area contributed by atoms with Crippen LogP contribution in [-0.2, 0) is 23.0 Å². The molecule has 214 valence electrons. The first kappa shape index (κ1) is 29.3. The average Bonchev–Trinajstić information content (AvgIpc) is 2.98. The van der Waals surface area contributed by atoms with Gasteiger partial charge in [0.25, 0.3) is 0 Å². The van der Waals surface area contributed by atoms with Gasteiger partial charge in [0.05, 0.1) is 22.8 Å². The Balaban J connectivity index is 1.83. The second kappa shape index (κ2) is 12.8. The number of unbranched alkanes of at least 4 members (excludes halogenated alkanes) is 2. The van der Waals surface area contributed by atoms with Gasteiger partial charge in [-0.05, 0) is 79.6 Å². The highest BCUT2D eigenvalue weighted by atomic mass is 32.2. The van der Waals surface area contributed by atoms with Gasteiger partial charge in [0, 0.05) is 33.3 Å². The first-order valence-corrected chi connectivity index (χ1v) is 16.7. The van der Waals surface area contributed by atoms with Crippen molar-refractivity contribution in [1.29, 1.82) is 0 Å². The normalized spacial score (nSPS) is 13.5. The van der Waals surface area contributed by atoms with Gasteiger partial charge < -0.3 is 9.45 Å². The van der Waals surface area contributed by atoms with Crippen molar-refractivity contribution in [2.24, 2.45) is 0 Å². The molecule has 0 spiro atoms. The van der Waals surface area contributed by atoms with Crippen LogP contribution in [0.1, 0.15) is 64.0 Å². The van der Waals surface area contributed by atoms with Crippen LogP contribution in [0.2, 0.25) is 0 Å². The molecule has 1 unspecified atom stereocenters. The molecule has 6 nitrogen and oxygen atoms in total. The maximum Gasteiger partial charge on any atom is 0.124 e. The van der Waals surface area contributed by atoms with Crippen LogP contribution in [0.25, 0.3) is 22.5 Å². The predicted molar refractivity (Wildman–Crippen MR) is 167 cm³/mol. The fourth-order valence-corrected chi connectivity index (χ4v) is 7.60. The second-order valence-electron chi connectivity index (χ2n) is 10.4. The zero-order valence-corrected chi connectivity index (χ0v) is 25.5. The standard InChI is InChI=1S/C33H37N3O3S2/c1-4-7-13-23-15-11-19-34-31(23)25-21-26(32-24(14-8-5-2)16-12-20-35-32)33-28(22-25)36(30(6-3)41(37,38)39)27-17-9-10-18-29(27)40-33/h9-12,15-22,30H,4-8,13-14H2,1-3H3,(H,37,38,39)/p-1. The van der Waals surface area contributed by atoms with Crippen LogP contribution < -0.4 is 4.90 Å². The van der Waals surface area contributed by atoms with Crippen molar-refractivity contribution in [1.82, 2.24) is 9.97 Å². The maximum atomic E-state index is 12.7. The Labute approximate surface area is 248 Å². The molecular formula is C33H36N3O3S2-. The number of pyridine rings is 2. The van der Waals surface area contributed by atoms with Crippen molar-refractivity contribution in [3.63, 3.8) is 0 Å². The van der Waals surface area contributed by atoms with Crippen LogP contribution in [0.15, 0.2) is 82.8 Å². The van der Waals surface area contributed by atoms with E-state index >= 15 is 0 Å². The van der Waals surface area contributed by atoms with Gasteiger partial charge >= 0.3 is 0 Å². The number of rotatable bonds is 11. The monoisotopic (exact) mass is 586 g/mol. The number of hydrogen-bond acceptors (Lipinski definition) is 7. The van der Waals surface area contributed by atoms with E-state index in [0.29, 0.717) is 5.69 Å². The fourth-order valence-electron chi connectivity index (χ4n) is 5.54. The molecule has 0 bridgehead atoms. The Morgan fingerprint density at radius 3 is 2.10 bits per heavy atom. The van der Waals surface area contributed by atoms with Gasteiger partial charge in [-0.1, -0.05) is 69.6 Å². The second-order valence-corrected chi connectivity index (χ2v) is 13.0. The first-order valence-electron chi connectivity index (χ1n) is 14.4. The van der Waals surface area contributed by atoms with Gasteiger partial charge in [-0.2, -0.15) is 0 Å². The summed E-state index contributed by atoms with van der Waals surface area (Å²) in [6, 6.07) is 20.0. The third-order valence-electron chi connectivity index (χ3n) is 7.55. The van der Waals surface area contributed by atoms with Crippen molar-refractivity contribution in [3.8, 4) is 22.5 Å². The lowest BCUT2D eigenvalue weighted by Gasteiger charge is -2.40. The molecule has 2 aromatic carbocycles. The number of aromatic nitrogens is 2. The largest absolute Gasteiger partial charge is 0.746 e. The van der Waals surface area contributed by atoms with Gasteiger partial charge in [0.1, 0.15) is 15.5 Å². The molecule has 1 aliphatic rings. The van der Waals surface area contributed by atoms with Crippen LogP contribution in [-0.4, -0.2) is 28.3 Å². The van der Waals surface area contributed by atoms with Crippen LogP contribution in [0.5, 0.6) is 0 Å². The molecular weight excluding hydrogens is 551 g/mol.